The molecule has 7 heteroatoms. The van der Waals surface area contributed by atoms with E-state index in [1.54, 1.807) is 11.6 Å². The number of nitrogens with zero attached hydrogens (tertiary/aromatic N) is 2. The predicted molar refractivity (Wildman–Crippen MR) is 104 cm³/mol. The zero-order valence-electron chi connectivity index (χ0n) is 14.8. The fourth-order valence-electron chi connectivity index (χ4n) is 2.51. The van der Waals surface area contributed by atoms with Crippen molar-refractivity contribution in [3.63, 3.8) is 0 Å². The zero-order chi connectivity index (χ0) is 17.6. The fourth-order valence-corrected chi connectivity index (χ4v) is 3.14. The molecule has 126 valence electrons. The van der Waals surface area contributed by atoms with Crippen LogP contribution in [0.3, 0.4) is 0 Å². The molecule has 0 amide bonds. The van der Waals surface area contributed by atoms with Gasteiger partial charge < -0.3 is 13.9 Å². The fraction of sp³-hybridized carbons (Fsp3) is 0.562. The summed E-state index contributed by atoms with van der Waals surface area (Å²) in [6.07, 6.45) is 3.69. The second-order valence-corrected chi connectivity index (χ2v) is 7.52. The molecule has 1 fully saturated rings. The van der Waals surface area contributed by atoms with Crippen LogP contribution < -0.4 is 11.0 Å². The highest BCUT2D eigenvalue weighted by Gasteiger charge is 2.52. The number of rotatable bonds is 1. The minimum absolute atomic E-state index is 0.0235. The second-order valence-electron chi connectivity index (χ2n) is 6.48. The van der Waals surface area contributed by atoms with Crippen LogP contribution in [0.25, 0.3) is 10.9 Å². The van der Waals surface area contributed by atoms with Crippen LogP contribution in [0.1, 0.15) is 41.5 Å². The van der Waals surface area contributed by atoms with Gasteiger partial charge in [-0.2, -0.15) is 0 Å². The zero-order valence-corrected chi connectivity index (χ0v) is 17.0. The molecule has 0 unspecified atom stereocenters. The Kier molecular flexibility index (Phi) is 5.04. The summed E-state index contributed by atoms with van der Waals surface area (Å²) >= 11 is 2.11. The average Bonchev–Trinajstić information content (AvgIpc) is 2.95. The Hall–Kier alpha value is -0.795. The first-order valence-electron chi connectivity index (χ1n) is 7.86. The SMILES string of the molecule is CC.Cn1cc(B2OC(C)(C)C(C)(C)O2)c2ccn(I)c2c1=O. The molecule has 1 saturated heterocycles. The van der Waals surface area contributed by atoms with Gasteiger partial charge in [0, 0.05) is 30.3 Å². The van der Waals surface area contributed by atoms with Gasteiger partial charge in [0.25, 0.3) is 5.56 Å². The van der Waals surface area contributed by atoms with E-state index >= 15 is 0 Å². The van der Waals surface area contributed by atoms with Gasteiger partial charge in [0.1, 0.15) is 5.52 Å². The third-order valence-electron chi connectivity index (χ3n) is 4.51. The highest BCUT2D eigenvalue weighted by Crippen LogP contribution is 2.36. The Morgan fingerprint density at radius 1 is 1.13 bits per heavy atom. The summed E-state index contributed by atoms with van der Waals surface area (Å²) in [5.74, 6) is 0. The maximum absolute atomic E-state index is 12.3. The molecule has 0 bridgehead atoms. The Bertz CT molecular complexity index is 763. The highest BCUT2D eigenvalue weighted by molar-refractivity contribution is 14.1. The topological polar surface area (TPSA) is 45.4 Å². The lowest BCUT2D eigenvalue weighted by molar-refractivity contribution is 0.00578. The molecular formula is C16H24BIN2O3. The summed E-state index contributed by atoms with van der Waals surface area (Å²) in [6.45, 7) is 12.1. The van der Waals surface area contributed by atoms with Crippen LogP contribution in [0.5, 0.6) is 0 Å². The summed E-state index contributed by atoms with van der Waals surface area (Å²) in [5, 5.41) is 0.881. The molecule has 2 aromatic rings. The van der Waals surface area contributed by atoms with Crippen molar-refractivity contribution in [3.8, 4) is 0 Å². The van der Waals surface area contributed by atoms with Gasteiger partial charge in [0.15, 0.2) is 0 Å². The predicted octanol–water partition coefficient (Wildman–Crippen LogP) is 2.86. The van der Waals surface area contributed by atoms with Gasteiger partial charge in [-0.1, -0.05) is 13.8 Å². The number of hydrogen-bond acceptors (Lipinski definition) is 3. The molecule has 2 aromatic heterocycles. The van der Waals surface area contributed by atoms with Gasteiger partial charge in [-0.15, -0.1) is 0 Å². The lowest BCUT2D eigenvalue weighted by atomic mass is 9.78. The van der Waals surface area contributed by atoms with E-state index in [0.717, 1.165) is 10.8 Å². The van der Waals surface area contributed by atoms with E-state index in [1.165, 1.54) is 0 Å². The largest absolute Gasteiger partial charge is 0.497 e. The number of aromatic nitrogens is 2. The Morgan fingerprint density at radius 3 is 2.17 bits per heavy atom. The van der Waals surface area contributed by atoms with Gasteiger partial charge >= 0.3 is 7.12 Å². The second kappa shape index (κ2) is 6.25. The van der Waals surface area contributed by atoms with Crippen molar-refractivity contribution in [2.45, 2.75) is 52.7 Å². The Labute approximate surface area is 151 Å². The van der Waals surface area contributed by atoms with E-state index in [-0.39, 0.29) is 5.56 Å². The van der Waals surface area contributed by atoms with Crippen LogP contribution in [0.15, 0.2) is 23.3 Å². The van der Waals surface area contributed by atoms with E-state index in [2.05, 4.69) is 22.9 Å². The van der Waals surface area contributed by atoms with E-state index in [0.29, 0.717) is 5.52 Å². The smallest absolute Gasteiger partial charge is 0.399 e. The van der Waals surface area contributed by atoms with Crippen LogP contribution in [-0.4, -0.2) is 25.7 Å². The summed E-state index contributed by atoms with van der Waals surface area (Å²) in [5.41, 5.74) is 0.730. The third kappa shape index (κ3) is 2.98. The minimum atomic E-state index is -0.469. The molecule has 23 heavy (non-hydrogen) atoms. The molecule has 0 N–H and O–H groups in total. The first-order chi connectivity index (χ1) is 10.6. The molecule has 0 atom stereocenters. The van der Waals surface area contributed by atoms with E-state index in [1.807, 2.05) is 62.8 Å². The summed E-state index contributed by atoms with van der Waals surface area (Å²) in [6, 6.07) is 1.93. The monoisotopic (exact) mass is 430 g/mol. The van der Waals surface area contributed by atoms with Crippen LogP contribution in [0, 0.1) is 0 Å². The number of aryl methyl sites for hydroxylation is 1. The first kappa shape index (κ1) is 18.5. The van der Waals surface area contributed by atoms with Crippen molar-refractivity contribution in [1.82, 2.24) is 7.35 Å². The number of hydrogen-bond donors (Lipinski definition) is 0. The van der Waals surface area contributed by atoms with Crippen LogP contribution in [0.2, 0.25) is 0 Å². The lowest BCUT2D eigenvalue weighted by Crippen LogP contribution is -2.41. The molecular weight excluding hydrogens is 406 g/mol. The van der Waals surface area contributed by atoms with Crippen molar-refractivity contribution in [2.24, 2.45) is 7.05 Å². The summed E-state index contributed by atoms with van der Waals surface area (Å²) in [7, 11) is 1.28. The number of fused-ring (bicyclic) bond motifs is 1. The molecule has 1 aliphatic rings. The summed E-state index contributed by atoms with van der Waals surface area (Å²) in [4.78, 5) is 12.3. The molecule has 0 spiro atoms. The maximum atomic E-state index is 12.3. The maximum Gasteiger partial charge on any atom is 0.497 e. The third-order valence-corrected chi connectivity index (χ3v) is 5.32. The van der Waals surface area contributed by atoms with Crippen LogP contribution in [-0.2, 0) is 16.4 Å². The Morgan fingerprint density at radius 2 is 1.65 bits per heavy atom. The quantitative estimate of drug-likeness (QED) is 0.517. The van der Waals surface area contributed by atoms with E-state index in [4.69, 9.17) is 9.31 Å². The van der Waals surface area contributed by atoms with Crippen molar-refractivity contribution in [1.29, 1.82) is 0 Å². The standard InChI is InChI=1S/C14H18BIN2O3.C2H6/c1-13(2)14(3,4)21-15(20-13)10-8-17(5)12(19)11-9(10)6-7-18(11)16;1-2/h6-8H,1-5H3;1-2H3. The highest BCUT2D eigenvalue weighted by atomic mass is 127. The van der Waals surface area contributed by atoms with Crippen molar-refractivity contribution >= 4 is 46.3 Å². The molecule has 0 radical (unpaired) electrons. The van der Waals surface area contributed by atoms with E-state index in [9.17, 15) is 4.79 Å². The Balaban J connectivity index is 0.000000924. The molecule has 3 rings (SSSR count). The minimum Gasteiger partial charge on any atom is -0.399 e. The van der Waals surface area contributed by atoms with Crippen molar-refractivity contribution in [2.75, 3.05) is 0 Å². The van der Waals surface area contributed by atoms with Gasteiger partial charge in [-0.3, -0.25) is 7.58 Å². The lowest BCUT2D eigenvalue weighted by Gasteiger charge is -2.32. The molecule has 0 saturated carbocycles. The van der Waals surface area contributed by atoms with Gasteiger partial charge in [0.05, 0.1) is 34.1 Å². The first-order valence-corrected chi connectivity index (χ1v) is 8.83. The van der Waals surface area contributed by atoms with Crippen LogP contribution >= 0.6 is 22.9 Å². The molecule has 5 nitrogen and oxygen atoms in total. The van der Waals surface area contributed by atoms with Gasteiger partial charge in [-0.25, -0.2) is 0 Å². The van der Waals surface area contributed by atoms with Gasteiger partial charge in [0.2, 0.25) is 0 Å². The molecule has 0 aliphatic carbocycles. The molecule has 3 heterocycles. The van der Waals surface area contributed by atoms with Crippen molar-refractivity contribution in [3.05, 3.63) is 28.8 Å². The van der Waals surface area contributed by atoms with Gasteiger partial charge in [-0.05, 0) is 33.8 Å². The summed E-state index contributed by atoms with van der Waals surface area (Å²) < 4.78 is 15.6. The number of pyridine rings is 1. The number of halogens is 1. The molecule has 1 aliphatic heterocycles. The van der Waals surface area contributed by atoms with Crippen molar-refractivity contribution < 1.29 is 9.31 Å². The normalized spacial score (nSPS) is 18.9. The van der Waals surface area contributed by atoms with E-state index < -0.39 is 18.3 Å². The van der Waals surface area contributed by atoms with Crippen LogP contribution in [0.4, 0.5) is 0 Å². The average molecular weight is 430 g/mol. The molecule has 0 aromatic carbocycles.